The molecule has 3 aromatic rings. The average molecular weight is 361 g/mol. The largest absolute Gasteiger partial charge is 0.368 e. The van der Waals surface area contributed by atoms with Crippen molar-refractivity contribution in [2.45, 2.75) is 13.8 Å². The summed E-state index contributed by atoms with van der Waals surface area (Å²) in [6, 6.07) is 13.9. The maximum Gasteiger partial charge on any atom is 0.253 e. The smallest absolute Gasteiger partial charge is 0.253 e. The number of nitrogens with zero attached hydrogens (tertiary/aromatic N) is 5. The first-order valence-electron chi connectivity index (χ1n) is 9.19. The Morgan fingerprint density at radius 2 is 1.70 bits per heavy atom. The maximum absolute atomic E-state index is 12.8. The number of carbonyl (C=O) groups excluding carboxylic acids is 1. The van der Waals surface area contributed by atoms with Crippen LogP contribution >= 0.6 is 0 Å². The molecular weight excluding hydrogens is 338 g/mol. The van der Waals surface area contributed by atoms with Gasteiger partial charge in [-0.1, -0.05) is 12.1 Å². The molecule has 4 rings (SSSR count). The molecule has 6 nitrogen and oxygen atoms in total. The number of anilines is 1. The van der Waals surface area contributed by atoms with E-state index in [-0.39, 0.29) is 5.91 Å². The van der Waals surface area contributed by atoms with E-state index in [1.165, 1.54) is 23.1 Å². The Kier molecular flexibility index (Phi) is 4.62. The van der Waals surface area contributed by atoms with Crippen LogP contribution in [0, 0.1) is 13.8 Å². The summed E-state index contributed by atoms with van der Waals surface area (Å²) < 4.78 is 1.68. The van der Waals surface area contributed by atoms with Gasteiger partial charge in [-0.15, -0.1) is 0 Å². The van der Waals surface area contributed by atoms with Crippen molar-refractivity contribution in [2.24, 2.45) is 0 Å². The number of amides is 1. The van der Waals surface area contributed by atoms with E-state index < -0.39 is 0 Å². The van der Waals surface area contributed by atoms with E-state index in [2.05, 4.69) is 47.0 Å². The van der Waals surface area contributed by atoms with Crippen LogP contribution in [0.3, 0.4) is 0 Å². The second kappa shape index (κ2) is 7.23. The topological polar surface area (TPSA) is 54.3 Å². The molecule has 2 heterocycles. The predicted octanol–water partition coefficient (Wildman–Crippen LogP) is 2.85. The molecule has 0 bridgehead atoms. The van der Waals surface area contributed by atoms with Crippen molar-refractivity contribution in [3.05, 3.63) is 71.8 Å². The quantitative estimate of drug-likeness (QED) is 0.720. The molecule has 1 aliphatic rings. The number of benzene rings is 2. The van der Waals surface area contributed by atoms with Crippen molar-refractivity contribution < 1.29 is 4.79 Å². The number of rotatable bonds is 3. The molecule has 6 heteroatoms. The lowest BCUT2D eigenvalue weighted by Gasteiger charge is -2.37. The van der Waals surface area contributed by atoms with Crippen LogP contribution in [0.15, 0.2) is 55.1 Å². The van der Waals surface area contributed by atoms with Gasteiger partial charge in [0.15, 0.2) is 0 Å². The fourth-order valence-corrected chi connectivity index (χ4v) is 3.51. The van der Waals surface area contributed by atoms with Gasteiger partial charge in [-0.25, -0.2) is 9.67 Å². The van der Waals surface area contributed by atoms with Gasteiger partial charge in [0, 0.05) is 37.4 Å². The Balaban J connectivity index is 1.42. The van der Waals surface area contributed by atoms with Crippen molar-refractivity contribution in [3.63, 3.8) is 0 Å². The van der Waals surface area contributed by atoms with E-state index in [9.17, 15) is 4.79 Å². The summed E-state index contributed by atoms with van der Waals surface area (Å²) in [5.41, 5.74) is 5.50. The zero-order valence-corrected chi connectivity index (χ0v) is 15.7. The van der Waals surface area contributed by atoms with Crippen molar-refractivity contribution in [3.8, 4) is 5.69 Å². The lowest BCUT2D eigenvalue weighted by Crippen LogP contribution is -2.49. The fourth-order valence-electron chi connectivity index (χ4n) is 3.51. The molecule has 1 fully saturated rings. The predicted molar refractivity (Wildman–Crippen MR) is 105 cm³/mol. The summed E-state index contributed by atoms with van der Waals surface area (Å²) in [5.74, 6) is 0.0840. The Labute approximate surface area is 159 Å². The van der Waals surface area contributed by atoms with Crippen LogP contribution in [0.2, 0.25) is 0 Å². The van der Waals surface area contributed by atoms with Crippen molar-refractivity contribution in [1.29, 1.82) is 0 Å². The fraction of sp³-hybridized carbons (Fsp3) is 0.286. The highest BCUT2D eigenvalue weighted by Gasteiger charge is 2.23. The number of hydrogen-bond donors (Lipinski definition) is 0. The van der Waals surface area contributed by atoms with E-state index in [4.69, 9.17) is 0 Å². The van der Waals surface area contributed by atoms with Gasteiger partial charge in [0.2, 0.25) is 0 Å². The second-order valence-corrected chi connectivity index (χ2v) is 6.89. The van der Waals surface area contributed by atoms with E-state index >= 15 is 0 Å². The minimum atomic E-state index is 0.0840. The number of aryl methyl sites for hydroxylation is 1. The highest BCUT2D eigenvalue weighted by Crippen LogP contribution is 2.24. The third-order valence-electron chi connectivity index (χ3n) is 5.28. The molecule has 0 saturated carbocycles. The van der Waals surface area contributed by atoms with Crippen LogP contribution in [0.4, 0.5) is 5.69 Å². The molecule has 27 heavy (non-hydrogen) atoms. The Morgan fingerprint density at radius 3 is 2.37 bits per heavy atom. The minimum absolute atomic E-state index is 0.0840. The van der Waals surface area contributed by atoms with Crippen LogP contribution in [-0.2, 0) is 0 Å². The van der Waals surface area contributed by atoms with Gasteiger partial charge in [-0.05, 0) is 55.3 Å². The van der Waals surface area contributed by atoms with Crippen LogP contribution in [0.5, 0.6) is 0 Å². The molecule has 2 aromatic carbocycles. The number of piperazine rings is 1. The molecule has 1 aliphatic heterocycles. The highest BCUT2D eigenvalue weighted by molar-refractivity contribution is 5.94. The van der Waals surface area contributed by atoms with E-state index in [1.54, 1.807) is 11.0 Å². The first kappa shape index (κ1) is 17.3. The van der Waals surface area contributed by atoms with Crippen LogP contribution in [0.1, 0.15) is 21.5 Å². The summed E-state index contributed by atoms with van der Waals surface area (Å²) >= 11 is 0. The molecular formula is C21H23N5O. The average Bonchev–Trinajstić information content (AvgIpc) is 3.25. The van der Waals surface area contributed by atoms with E-state index in [0.29, 0.717) is 5.56 Å². The molecule has 0 unspecified atom stereocenters. The molecule has 1 amide bonds. The summed E-state index contributed by atoms with van der Waals surface area (Å²) in [5, 5.41) is 4.11. The lowest BCUT2D eigenvalue weighted by molar-refractivity contribution is 0.0747. The highest BCUT2D eigenvalue weighted by atomic mass is 16.2. The standard InChI is InChI=1S/C21H23N5O/c1-16-4-3-5-20(17(16)2)24-10-12-25(13-11-24)21(27)18-6-8-19(9-7-18)26-15-22-14-23-26/h3-9,14-15H,10-13H2,1-2H3. The van der Waals surface area contributed by atoms with Crippen LogP contribution in [0.25, 0.3) is 5.69 Å². The molecule has 0 aliphatic carbocycles. The van der Waals surface area contributed by atoms with Gasteiger partial charge < -0.3 is 9.80 Å². The van der Waals surface area contributed by atoms with Gasteiger partial charge in [0.25, 0.3) is 5.91 Å². The van der Waals surface area contributed by atoms with Gasteiger partial charge >= 0.3 is 0 Å². The molecule has 1 aromatic heterocycles. The summed E-state index contributed by atoms with van der Waals surface area (Å²) in [6.07, 6.45) is 3.14. The molecule has 138 valence electrons. The molecule has 1 saturated heterocycles. The summed E-state index contributed by atoms with van der Waals surface area (Å²) in [6.45, 7) is 7.48. The normalized spacial score (nSPS) is 14.4. The Morgan fingerprint density at radius 1 is 0.963 bits per heavy atom. The zero-order chi connectivity index (χ0) is 18.8. The maximum atomic E-state index is 12.8. The number of hydrogen-bond acceptors (Lipinski definition) is 4. The third-order valence-corrected chi connectivity index (χ3v) is 5.28. The minimum Gasteiger partial charge on any atom is -0.368 e. The second-order valence-electron chi connectivity index (χ2n) is 6.89. The van der Waals surface area contributed by atoms with Gasteiger partial charge in [-0.3, -0.25) is 4.79 Å². The zero-order valence-electron chi connectivity index (χ0n) is 15.7. The Hall–Kier alpha value is -3.15. The first-order chi connectivity index (χ1) is 13.1. The molecule has 0 atom stereocenters. The third kappa shape index (κ3) is 3.43. The Bertz CT molecular complexity index is 926. The monoisotopic (exact) mass is 361 g/mol. The van der Waals surface area contributed by atoms with Gasteiger partial charge in [0.05, 0.1) is 5.69 Å². The van der Waals surface area contributed by atoms with Crippen LogP contribution in [-0.4, -0.2) is 51.8 Å². The van der Waals surface area contributed by atoms with Gasteiger partial charge in [0.1, 0.15) is 12.7 Å². The molecule has 0 radical (unpaired) electrons. The van der Waals surface area contributed by atoms with Gasteiger partial charge in [-0.2, -0.15) is 5.10 Å². The lowest BCUT2D eigenvalue weighted by atomic mass is 10.1. The number of carbonyl (C=O) groups is 1. The van der Waals surface area contributed by atoms with E-state index in [1.807, 2.05) is 29.2 Å². The van der Waals surface area contributed by atoms with Crippen LogP contribution < -0.4 is 4.90 Å². The van der Waals surface area contributed by atoms with E-state index in [0.717, 1.165) is 31.9 Å². The molecule has 0 N–H and O–H groups in total. The molecule has 0 spiro atoms. The van der Waals surface area contributed by atoms with Crippen molar-refractivity contribution >= 4 is 11.6 Å². The summed E-state index contributed by atoms with van der Waals surface area (Å²) in [7, 11) is 0. The first-order valence-corrected chi connectivity index (χ1v) is 9.19. The van der Waals surface area contributed by atoms with Crippen molar-refractivity contribution in [2.75, 3.05) is 31.1 Å². The SMILES string of the molecule is Cc1cccc(N2CCN(C(=O)c3ccc(-n4cncn4)cc3)CC2)c1C. The number of aromatic nitrogens is 3. The van der Waals surface area contributed by atoms with Crippen molar-refractivity contribution in [1.82, 2.24) is 19.7 Å². The summed E-state index contributed by atoms with van der Waals surface area (Å²) in [4.78, 5) is 21.1.